The van der Waals surface area contributed by atoms with Gasteiger partial charge in [-0.2, -0.15) is 0 Å². The van der Waals surface area contributed by atoms with Gasteiger partial charge in [-0.05, 0) is 79.4 Å². The fourth-order valence-corrected chi connectivity index (χ4v) is 4.79. The van der Waals surface area contributed by atoms with Gasteiger partial charge in [-0.1, -0.05) is 12.1 Å². The Morgan fingerprint density at radius 1 is 1.00 bits per heavy atom. The van der Waals surface area contributed by atoms with Crippen LogP contribution in [0.2, 0.25) is 0 Å². The zero-order valence-corrected chi connectivity index (χ0v) is 19.8. The van der Waals surface area contributed by atoms with Gasteiger partial charge in [0.15, 0.2) is 23.0 Å². The SMILES string of the molecule is COc1ccc(-c2ccc3nc(-c4cccnc4N)n(-c4ccc(C5(N)CCC5)cc4)c3n2)cc1O. The number of aromatic hydroxyl groups is 1. The largest absolute Gasteiger partial charge is 0.504 e. The molecule has 8 nitrogen and oxygen atoms in total. The zero-order valence-electron chi connectivity index (χ0n) is 19.8. The Morgan fingerprint density at radius 3 is 2.47 bits per heavy atom. The second-order valence-electron chi connectivity index (χ2n) is 9.19. The molecule has 1 saturated carbocycles. The van der Waals surface area contributed by atoms with Gasteiger partial charge in [-0.15, -0.1) is 0 Å². The molecule has 5 aromatic rings. The molecule has 180 valence electrons. The van der Waals surface area contributed by atoms with Crippen LogP contribution in [-0.2, 0) is 5.54 Å². The molecule has 36 heavy (non-hydrogen) atoms. The highest BCUT2D eigenvalue weighted by atomic mass is 16.5. The molecule has 0 radical (unpaired) electrons. The molecule has 8 heteroatoms. The van der Waals surface area contributed by atoms with E-state index in [1.165, 1.54) is 7.11 Å². The van der Waals surface area contributed by atoms with E-state index in [9.17, 15) is 5.11 Å². The van der Waals surface area contributed by atoms with Gasteiger partial charge >= 0.3 is 0 Å². The van der Waals surface area contributed by atoms with Crippen molar-refractivity contribution in [3.63, 3.8) is 0 Å². The quantitative estimate of drug-likeness (QED) is 0.332. The minimum atomic E-state index is -0.242. The summed E-state index contributed by atoms with van der Waals surface area (Å²) in [7, 11) is 1.52. The smallest absolute Gasteiger partial charge is 0.165 e. The van der Waals surface area contributed by atoms with E-state index < -0.39 is 0 Å². The number of hydrogen-bond donors (Lipinski definition) is 3. The van der Waals surface area contributed by atoms with Crippen molar-refractivity contribution in [2.24, 2.45) is 5.73 Å². The number of nitrogens with zero attached hydrogens (tertiary/aromatic N) is 4. The standard InChI is InChI=1S/C28H26N6O2/c1-36-24-12-5-17(16-23(24)35)21-10-11-22-27(32-21)34(26(33-22)20-4-2-15-31-25(20)29)19-8-6-18(7-9-19)28(30)13-3-14-28/h2,4-12,15-16,35H,3,13-14,30H2,1H3,(H2,29,31). The van der Waals surface area contributed by atoms with E-state index in [0.717, 1.165) is 41.6 Å². The minimum Gasteiger partial charge on any atom is -0.504 e. The van der Waals surface area contributed by atoms with E-state index in [4.69, 9.17) is 26.2 Å². The summed E-state index contributed by atoms with van der Waals surface area (Å²) >= 11 is 0. The van der Waals surface area contributed by atoms with Crippen LogP contribution in [0.1, 0.15) is 24.8 Å². The third-order valence-electron chi connectivity index (χ3n) is 7.00. The molecule has 1 aliphatic rings. The molecule has 2 aromatic carbocycles. The summed E-state index contributed by atoms with van der Waals surface area (Å²) in [4.78, 5) is 14.1. The van der Waals surface area contributed by atoms with Crippen molar-refractivity contribution in [1.82, 2.24) is 19.5 Å². The maximum atomic E-state index is 10.3. The lowest BCUT2D eigenvalue weighted by atomic mass is 9.73. The van der Waals surface area contributed by atoms with Gasteiger partial charge < -0.3 is 21.3 Å². The molecule has 3 heterocycles. The van der Waals surface area contributed by atoms with E-state index in [2.05, 4.69) is 17.1 Å². The zero-order chi connectivity index (χ0) is 24.9. The third kappa shape index (κ3) is 3.54. The summed E-state index contributed by atoms with van der Waals surface area (Å²) in [5.74, 6) is 1.50. The number of imidazole rings is 1. The monoisotopic (exact) mass is 478 g/mol. The molecular formula is C28H26N6O2. The number of hydrogen-bond acceptors (Lipinski definition) is 7. The summed E-state index contributed by atoms with van der Waals surface area (Å²) in [5, 5.41) is 10.3. The summed E-state index contributed by atoms with van der Waals surface area (Å²) in [6.45, 7) is 0. The van der Waals surface area contributed by atoms with Gasteiger partial charge in [0.05, 0.1) is 18.4 Å². The molecule has 0 bridgehead atoms. The Bertz CT molecular complexity index is 1590. The number of benzene rings is 2. The van der Waals surface area contributed by atoms with Crippen LogP contribution >= 0.6 is 0 Å². The fraction of sp³-hybridized carbons (Fsp3) is 0.179. The van der Waals surface area contributed by atoms with Gasteiger partial charge in [0.1, 0.15) is 11.3 Å². The van der Waals surface area contributed by atoms with Crippen LogP contribution in [0, 0.1) is 0 Å². The number of methoxy groups -OCH3 is 1. The number of phenols is 1. The lowest BCUT2D eigenvalue weighted by molar-refractivity contribution is 0.253. The van der Waals surface area contributed by atoms with Gasteiger partial charge in [-0.3, -0.25) is 4.57 Å². The maximum absolute atomic E-state index is 10.3. The van der Waals surface area contributed by atoms with Gasteiger partial charge in [0.2, 0.25) is 0 Å². The average Bonchev–Trinajstić information content (AvgIpc) is 3.26. The number of anilines is 1. The molecule has 1 aliphatic carbocycles. The van der Waals surface area contributed by atoms with Crippen molar-refractivity contribution in [3.8, 4) is 39.8 Å². The molecule has 0 atom stereocenters. The summed E-state index contributed by atoms with van der Waals surface area (Å²) < 4.78 is 7.17. The average molecular weight is 479 g/mol. The highest BCUT2D eigenvalue weighted by Crippen LogP contribution is 2.39. The van der Waals surface area contributed by atoms with Crippen LogP contribution < -0.4 is 16.2 Å². The summed E-state index contributed by atoms with van der Waals surface area (Å²) in [6.07, 6.45) is 4.81. The Hall–Kier alpha value is -4.43. The van der Waals surface area contributed by atoms with Crippen LogP contribution in [0.25, 0.3) is 39.5 Å². The lowest BCUT2D eigenvalue weighted by Crippen LogP contribution is -2.43. The number of nitrogens with two attached hydrogens (primary N) is 2. The predicted octanol–water partition coefficient (Wildman–Crippen LogP) is 4.78. The van der Waals surface area contributed by atoms with E-state index in [1.807, 2.05) is 47.0 Å². The van der Waals surface area contributed by atoms with Crippen molar-refractivity contribution in [2.45, 2.75) is 24.8 Å². The van der Waals surface area contributed by atoms with Crippen LogP contribution in [0.15, 0.2) is 72.9 Å². The highest BCUT2D eigenvalue weighted by molar-refractivity contribution is 5.84. The van der Waals surface area contributed by atoms with Gasteiger partial charge in [-0.25, -0.2) is 15.0 Å². The predicted molar refractivity (Wildman–Crippen MR) is 140 cm³/mol. The van der Waals surface area contributed by atoms with E-state index in [-0.39, 0.29) is 11.3 Å². The van der Waals surface area contributed by atoms with Crippen molar-refractivity contribution < 1.29 is 9.84 Å². The number of pyridine rings is 2. The van der Waals surface area contributed by atoms with Crippen LogP contribution in [-0.4, -0.2) is 31.7 Å². The van der Waals surface area contributed by atoms with Crippen LogP contribution in [0.4, 0.5) is 5.82 Å². The molecule has 0 aliphatic heterocycles. The summed E-state index contributed by atoms with van der Waals surface area (Å²) in [5.41, 5.74) is 18.1. The molecule has 0 spiro atoms. The van der Waals surface area contributed by atoms with Crippen molar-refractivity contribution >= 4 is 17.0 Å². The molecule has 5 N–H and O–H groups in total. The molecular weight excluding hydrogens is 452 g/mol. The number of fused-ring (bicyclic) bond motifs is 1. The normalized spacial score (nSPS) is 14.5. The van der Waals surface area contributed by atoms with Gasteiger partial charge in [0, 0.05) is 23.0 Å². The van der Waals surface area contributed by atoms with E-state index >= 15 is 0 Å². The minimum absolute atomic E-state index is 0.0523. The maximum Gasteiger partial charge on any atom is 0.165 e. The molecule has 6 rings (SSSR count). The second-order valence-corrected chi connectivity index (χ2v) is 9.19. The van der Waals surface area contributed by atoms with Gasteiger partial charge in [0.25, 0.3) is 0 Å². The molecule has 0 saturated heterocycles. The summed E-state index contributed by atoms with van der Waals surface area (Å²) in [6, 6.07) is 21.0. The number of aromatic nitrogens is 4. The topological polar surface area (TPSA) is 125 Å². The third-order valence-corrected chi connectivity index (χ3v) is 7.00. The number of ether oxygens (including phenoxy) is 1. The Kier molecular flexibility index (Phi) is 5.12. The first-order valence-electron chi connectivity index (χ1n) is 11.8. The van der Waals surface area contributed by atoms with Crippen LogP contribution in [0.3, 0.4) is 0 Å². The Morgan fingerprint density at radius 2 is 1.81 bits per heavy atom. The first kappa shape index (κ1) is 22.1. The first-order valence-corrected chi connectivity index (χ1v) is 11.8. The number of nitrogen functional groups attached to an aromatic ring is 1. The van der Waals surface area contributed by atoms with Crippen molar-refractivity contribution in [1.29, 1.82) is 0 Å². The fourth-order valence-electron chi connectivity index (χ4n) is 4.79. The molecule has 1 fully saturated rings. The molecule has 3 aromatic heterocycles. The van der Waals surface area contributed by atoms with Crippen molar-refractivity contribution in [2.75, 3.05) is 12.8 Å². The highest BCUT2D eigenvalue weighted by Gasteiger charge is 2.34. The Labute approximate surface area is 208 Å². The second kappa shape index (κ2) is 8.35. The lowest BCUT2D eigenvalue weighted by Gasteiger charge is -2.38. The Balaban J connectivity index is 1.54. The van der Waals surface area contributed by atoms with Crippen LogP contribution in [0.5, 0.6) is 11.5 Å². The van der Waals surface area contributed by atoms with Crippen molar-refractivity contribution in [3.05, 3.63) is 78.5 Å². The number of rotatable bonds is 5. The van der Waals surface area contributed by atoms with E-state index in [0.29, 0.717) is 34.2 Å². The number of phenolic OH excluding ortho intramolecular Hbond substituents is 1. The van der Waals surface area contributed by atoms with E-state index in [1.54, 1.807) is 18.3 Å². The molecule has 0 unspecified atom stereocenters. The molecule has 0 amide bonds. The first-order chi connectivity index (χ1) is 17.5.